The molecule has 2 aromatic heterocycles. The van der Waals surface area contributed by atoms with E-state index in [4.69, 9.17) is 0 Å². The maximum atomic E-state index is 12.7. The van der Waals surface area contributed by atoms with Gasteiger partial charge in [-0.15, -0.1) is 0 Å². The van der Waals surface area contributed by atoms with Gasteiger partial charge in [-0.25, -0.2) is 14.6 Å². The zero-order valence-electron chi connectivity index (χ0n) is 15.2. The van der Waals surface area contributed by atoms with Gasteiger partial charge in [-0.2, -0.15) is 5.10 Å². The van der Waals surface area contributed by atoms with Crippen LogP contribution in [0.2, 0.25) is 0 Å². The SMILES string of the molecule is Cc1nc2c(c(NC(C)Cn3ncc4ccccc4c3=O)n1)CCCC2. The summed E-state index contributed by atoms with van der Waals surface area (Å²) in [5.74, 6) is 1.70. The third kappa shape index (κ3) is 3.19. The minimum Gasteiger partial charge on any atom is -0.365 e. The monoisotopic (exact) mass is 349 g/mol. The van der Waals surface area contributed by atoms with Crippen molar-refractivity contribution >= 4 is 16.6 Å². The standard InChI is InChI=1S/C20H23N5O/c1-13(12-25-20(26)16-8-4-3-7-15(16)11-21-25)22-19-17-9-5-6-10-18(17)23-14(2)24-19/h3-4,7-8,11,13H,5-6,9-10,12H2,1-2H3,(H,22,23,24). The average molecular weight is 349 g/mol. The fourth-order valence-corrected chi connectivity index (χ4v) is 3.63. The second-order valence-electron chi connectivity index (χ2n) is 7.02. The van der Waals surface area contributed by atoms with Crippen molar-refractivity contribution in [2.45, 2.75) is 52.1 Å². The Morgan fingerprint density at radius 1 is 1.19 bits per heavy atom. The topological polar surface area (TPSA) is 72.7 Å². The van der Waals surface area contributed by atoms with E-state index < -0.39 is 0 Å². The van der Waals surface area contributed by atoms with Crippen molar-refractivity contribution < 1.29 is 0 Å². The lowest BCUT2D eigenvalue weighted by Gasteiger charge is -2.22. The van der Waals surface area contributed by atoms with Crippen LogP contribution in [0.4, 0.5) is 5.82 Å². The molecule has 2 heterocycles. The molecule has 1 aromatic carbocycles. The van der Waals surface area contributed by atoms with Gasteiger partial charge in [0.2, 0.25) is 0 Å². The van der Waals surface area contributed by atoms with Gasteiger partial charge in [0.25, 0.3) is 5.56 Å². The Kier molecular flexibility index (Phi) is 4.41. The average Bonchev–Trinajstić information content (AvgIpc) is 2.64. The molecule has 6 heteroatoms. The Balaban J connectivity index is 1.58. The van der Waals surface area contributed by atoms with Gasteiger partial charge in [-0.05, 0) is 45.6 Å². The predicted octanol–water partition coefficient (Wildman–Crippen LogP) is 2.87. The zero-order valence-corrected chi connectivity index (χ0v) is 15.2. The Morgan fingerprint density at radius 2 is 2.00 bits per heavy atom. The largest absolute Gasteiger partial charge is 0.365 e. The minimum absolute atomic E-state index is 0.0293. The summed E-state index contributed by atoms with van der Waals surface area (Å²) in [6, 6.07) is 7.58. The van der Waals surface area contributed by atoms with Crippen LogP contribution in [0, 0.1) is 6.92 Å². The van der Waals surface area contributed by atoms with Crippen molar-refractivity contribution in [1.82, 2.24) is 19.7 Å². The first-order chi connectivity index (χ1) is 12.6. The molecule has 1 N–H and O–H groups in total. The van der Waals surface area contributed by atoms with E-state index in [0.29, 0.717) is 11.9 Å². The van der Waals surface area contributed by atoms with Crippen LogP contribution >= 0.6 is 0 Å². The van der Waals surface area contributed by atoms with E-state index in [1.54, 1.807) is 6.20 Å². The molecular weight excluding hydrogens is 326 g/mol. The quantitative estimate of drug-likeness (QED) is 0.784. The number of rotatable bonds is 4. The number of anilines is 1. The van der Waals surface area contributed by atoms with E-state index in [-0.39, 0.29) is 11.6 Å². The number of hydrogen-bond donors (Lipinski definition) is 1. The molecule has 1 aliphatic carbocycles. The van der Waals surface area contributed by atoms with Gasteiger partial charge in [0.15, 0.2) is 0 Å². The van der Waals surface area contributed by atoms with Crippen molar-refractivity contribution in [1.29, 1.82) is 0 Å². The van der Waals surface area contributed by atoms with Gasteiger partial charge in [0.1, 0.15) is 11.6 Å². The molecule has 6 nitrogen and oxygen atoms in total. The molecule has 134 valence electrons. The molecule has 4 rings (SSSR count). The first-order valence-electron chi connectivity index (χ1n) is 9.19. The van der Waals surface area contributed by atoms with Crippen LogP contribution in [0.3, 0.4) is 0 Å². The van der Waals surface area contributed by atoms with Crippen molar-refractivity contribution in [2.24, 2.45) is 0 Å². The number of fused-ring (bicyclic) bond motifs is 2. The molecular formula is C20H23N5O. The highest BCUT2D eigenvalue weighted by atomic mass is 16.1. The molecule has 0 fully saturated rings. The summed E-state index contributed by atoms with van der Waals surface area (Å²) in [4.78, 5) is 21.9. The number of aromatic nitrogens is 4. The van der Waals surface area contributed by atoms with Crippen molar-refractivity contribution in [2.75, 3.05) is 5.32 Å². The van der Waals surface area contributed by atoms with E-state index >= 15 is 0 Å². The maximum Gasteiger partial charge on any atom is 0.274 e. The van der Waals surface area contributed by atoms with E-state index in [2.05, 4.69) is 27.3 Å². The number of nitrogens with zero attached hydrogens (tertiary/aromatic N) is 4. The van der Waals surface area contributed by atoms with Gasteiger partial charge in [0.05, 0.1) is 18.1 Å². The third-order valence-corrected chi connectivity index (χ3v) is 4.89. The molecule has 26 heavy (non-hydrogen) atoms. The Bertz CT molecular complexity index is 1010. The van der Waals surface area contributed by atoms with Crippen molar-refractivity contribution in [3.63, 3.8) is 0 Å². The summed E-state index contributed by atoms with van der Waals surface area (Å²) < 4.78 is 1.53. The second kappa shape index (κ2) is 6.86. The van der Waals surface area contributed by atoms with Crippen molar-refractivity contribution in [3.8, 4) is 0 Å². The second-order valence-corrected chi connectivity index (χ2v) is 7.02. The Labute approximate surface area is 152 Å². The molecule has 1 aliphatic rings. The Hall–Kier alpha value is -2.76. The van der Waals surface area contributed by atoms with Crippen LogP contribution in [0.25, 0.3) is 10.8 Å². The lowest BCUT2D eigenvalue weighted by Crippen LogP contribution is -2.32. The van der Waals surface area contributed by atoms with Gasteiger partial charge in [-0.1, -0.05) is 18.2 Å². The summed E-state index contributed by atoms with van der Waals surface area (Å²) in [5, 5.41) is 9.38. The van der Waals surface area contributed by atoms with Gasteiger partial charge in [-0.3, -0.25) is 4.79 Å². The molecule has 0 amide bonds. The summed E-state index contributed by atoms with van der Waals surface area (Å²) in [5.41, 5.74) is 2.34. The fraction of sp³-hybridized carbons (Fsp3) is 0.400. The van der Waals surface area contributed by atoms with E-state index in [9.17, 15) is 4.79 Å². The molecule has 1 unspecified atom stereocenters. The number of hydrogen-bond acceptors (Lipinski definition) is 5. The highest BCUT2D eigenvalue weighted by Gasteiger charge is 2.18. The first-order valence-corrected chi connectivity index (χ1v) is 9.19. The van der Waals surface area contributed by atoms with Crippen LogP contribution < -0.4 is 10.9 Å². The molecule has 0 spiro atoms. The van der Waals surface area contributed by atoms with Crippen LogP contribution in [-0.2, 0) is 19.4 Å². The minimum atomic E-state index is -0.0577. The zero-order chi connectivity index (χ0) is 18.1. The van der Waals surface area contributed by atoms with E-state index in [1.165, 1.54) is 28.8 Å². The molecule has 0 saturated carbocycles. The molecule has 0 aliphatic heterocycles. The van der Waals surface area contributed by atoms with Crippen LogP contribution in [-0.4, -0.2) is 25.8 Å². The summed E-state index contributed by atoms with van der Waals surface area (Å²) >= 11 is 0. The van der Waals surface area contributed by atoms with Crippen LogP contribution in [0.5, 0.6) is 0 Å². The number of aryl methyl sites for hydroxylation is 2. The summed E-state index contributed by atoms with van der Waals surface area (Å²) in [6.45, 7) is 4.47. The van der Waals surface area contributed by atoms with Crippen LogP contribution in [0.15, 0.2) is 35.3 Å². The van der Waals surface area contributed by atoms with E-state index in [1.807, 2.05) is 31.2 Å². The highest BCUT2D eigenvalue weighted by Crippen LogP contribution is 2.25. The molecule has 1 atom stereocenters. The van der Waals surface area contributed by atoms with Crippen molar-refractivity contribution in [3.05, 3.63) is 57.9 Å². The van der Waals surface area contributed by atoms with Gasteiger partial charge >= 0.3 is 0 Å². The lowest BCUT2D eigenvalue weighted by atomic mass is 9.96. The number of benzene rings is 1. The van der Waals surface area contributed by atoms with Gasteiger partial charge in [0, 0.05) is 22.7 Å². The smallest absolute Gasteiger partial charge is 0.274 e. The Morgan fingerprint density at radius 3 is 2.88 bits per heavy atom. The summed E-state index contributed by atoms with van der Waals surface area (Å²) in [7, 11) is 0. The highest BCUT2D eigenvalue weighted by molar-refractivity contribution is 5.80. The fourth-order valence-electron chi connectivity index (χ4n) is 3.63. The van der Waals surface area contributed by atoms with Gasteiger partial charge < -0.3 is 5.32 Å². The predicted molar refractivity (Wildman–Crippen MR) is 102 cm³/mol. The molecule has 0 saturated heterocycles. The first kappa shape index (κ1) is 16.7. The number of nitrogens with one attached hydrogen (secondary N) is 1. The van der Waals surface area contributed by atoms with E-state index in [0.717, 1.165) is 29.9 Å². The maximum absolute atomic E-state index is 12.7. The molecule has 0 radical (unpaired) electrons. The lowest BCUT2D eigenvalue weighted by molar-refractivity contribution is 0.535. The molecule has 3 aromatic rings. The summed E-state index contributed by atoms with van der Waals surface area (Å²) in [6.07, 6.45) is 6.15. The normalized spacial score (nSPS) is 14.8. The van der Waals surface area contributed by atoms with Crippen LogP contribution in [0.1, 0.15) is 36.8 Å². The third-order valence-electron chi connectivity index (χ3n) is 4.89. The molecule has 0 bridgehead atoms.